The third-order valence-electron chi connectivity index (χ3n) is 5.86. The maximum absolute atomic E-state index is 14.0. The zero-order valence-corrected chi connectivity index (χ0v) is 17.9. The first kappa shape index (κ1) is 18.8. The van der Waals surface area contributed by atoms with Crippen molar-refractivity contribution in [2.75, 3.05) is 0 Å². The van der Waals surface area contributed by atoms with Gasteiger partial charge in [-0.25, -0.2) is 0 Å². The molecule has 6 aromatic rings. The van der Waals surface area contributed by atoms with Crippen LogP contribution in [-0.2, 0) is 0 Å². The molecule has 4 aromatic carbocycles. The van der Waals surface area contributed by atoms with Crippen molar-refractivity contribution in [3.63, 3.8) is 0 Å². The van der Waals surface area contributed by atoms with Crippen molar-refractivity contribution < 1.29 is 10.2 Å². The highest BCUT2D eigenvalue weighted by Crippen LogP contribution is 2.37. The Hall–Kier alpha value is -4.70. The molecular formula is C30H18O4. The van der Waals surface area contributed by atoms with Crippen LogP contribution in [0.15, 0.2) is 128 Å². The molecular weight excluding hydrogens is 424 g/mol. The molecule has 0 atom stereocenters. The van der Waals surface area contributed by atoms with Gasteiger partial charge in [-0.05, 0) is 24.3 Å². The van der Waals surface area contributed by atoms with Gasteiger partial charge in [-0.2, -0.15) is 0 Å². The van der Waals surface area contributed by atoms with Crippen molar-refractivity contribution >= 4 is 21.9 Å². The quantitative estimate of drug-likeness (QED) is 0.298. The van der Waals surface area contributed by atoms with Crippen LogP contribution in [0.2, 0.25) is 0 Å². The van der Waals surface area contributed by atoms with Gasteiger partial charge in [0.05, 0.1) is 23.3 Å². The fourth-order valence-electron chi connectivity index (χ4n) is 4.27. The van der Waals surface area contributed by atoms with E-state index in [1.54, 1.807) is 30.3 Å². The van der Waals surface area contributed by atoms with E-state index in [4.69, 9.17) is 10.2 Å². The van der Waals surface area contributed by atoms with Gasteiger partial charge in [0.15, 0.2) is 0 Å². The summed E-state index contributed by atoms with van der Waals surface area (Å²) in [5, 5.41) is 0.671. The van der Waals surface area contributed by atoms with Gasteiger partial charge < -0.3 is 8.83 Å². The summed E-state index contributed by atoms with van der Waals surface area (Å²) in [5.41, 5.74) is 1.66. The highest BCUT2D eigenvalue weighted by Gasteiger charge is 2.26. The fourth-order valence-corrected chi connectivity index (χ4v) is 4.27. The molecule has 0 saturated carbocycles. The number of hydrogen-bond acceptors (Lipinski definition) is 4. The van der Waals surface area contributed by atoms with E-state index in [0.29, 0.717) is 33.2 Å². The fraction of sp³-hybridized carbons (Fsp3) is 0. The van der Waals surface area contributed by atoms with Crippen LogP contribution in [0.1, 0.15) is 1.37 Å². The second kappa shape index (κ2) is 8.01. The molecule has 0 N–H and O–H groups in total. The molecule has 2 heterocycles. The second-order valence-electron chi connectivity index (χ2n) is 7.92. The summed E-state index contributed by atoms with van der Waals surface area (Å²) in [6.45, 7) is 0. The molecule has 0 fully saturated rings. The summed E-state index contributed by atoms with van der Waals surface area (Å²) in [4.78, 5) is 28.0. The standard InChI is InChI=1S/C30H18O4/c31-27-21-15-7-9-17-23(21)33-29(19-11-3-1-4-12-19)25(27)26-28(32)22-16-8-10-18-24(22)34-30(26)20-13-5-2-6-14-20/h1-18H/i9D. The van der Waals surface area contributed by atoms with Gasteiger partial charge in [0.1, 0.15) is 22.7 Å². The normalized spacial score (nSPS) is 11.6. The van der Waals surface area contributed by atoms with Gasteiger partial charge in [0.2, 0.25) is 10.9 Å². The zero-order chi connectivity index (χ0) is 23.9. The van der Waals surface area contributed by atoms with Crippen LogP contribution in [0, 0.1) is 0 Å². The van der Waals surface area contributed by atoms with Crippen molar-refractivity contribution in [3.05, 3.63) is 130 Å². The first-order valence-electron chi connectivity index (χ1n) is 11.4. The molecule has 162 valence electrons. The van der Waals surface area contributed by atoms with Crippen LogP contribution in [-0.4, -0.2) is 0 Å². The van der Waals surface area contributed by atoms with Gasteiger partial charge in [0.25, 0.3) is 0 Å². The maximum Gasteiger partial charge on any atom is 0.201 e. The van der Waals surface area contributed by atoms with Gasteiger partial charge in [-0.3, -0.25) is 9.59 Å². The van der Waals surface area contributed by atoms with Crippen molar-refractivity contribution in [2.45, 2.75) is 0 Å². The van der Waals surface area contributed by atoms with E-state index in [9.17, 15) is 9.59 Å². The van der Waals surface area contributed by atoms with Crippen LogP contribution in [0.5, 0.6) is 0 Å². The first-order chi connectivity index (χ1) is 17.1. The minimum Gasteiger partial charge on any atom is -0.455 e. The topological polar surface area (TPSA) is 60.4 Å². The molecule has 0 spiro atoms. The van der Waals surface area contributed by atoms with Crippen molar-refractivity contribution in [2.24, 2.45) is 0 Å². The molecule has 0 amide bonds. The summed E-state index contributed by atoms with van der Waals surface area (Å²) in [7, 11) is 0. The Morgan fingerprint density at radius 1 is 0.500 bits per heavy atom. The molecule has 0 radical (unpaired) electrons. The SMILES string of the molecule is [2H]c1ccc2c(=O)c(-c3c(-c4ccccc4)oc4ccccc4c3=O)c(-c3ccccc3)oc2c1. The predicted molar refractivity (Wildman–Crippen MR) is 135 cm³/mol. The van der Waals surface area contributed by atoms with E-state index in [2.05, 4.69) is 0 Å². The predicted octanol–water partition coefficient (Wildman–Crippen LogP) is 6.90. The number of para-hydroxylation sites is 2. The zero-order valence-electron chi connectivity index (χ0n) is 18.9. The molecule has 4 nitrogen and oxygen atoms in total. The Balaban J connectivity index is 1.83. The lowest BCUT2D eigenvalue weighted by molar-refractivity contribution is 0.613. The third kappa shape index (κ3) is 3.16. The molecule has 0 aliphatic carbocycles. The number of hydrogen-bond donors (Lipinski definition) is 0. The average Bonchev–Trinajstić information content (AvgIpc) is 2.90. The minimum absolute atomic E-state index is 0.139. The van der Waals surface area contributed by atoms with E-state index in [1.807, 2.05) is 60.7 Å². The smallest absolute Gasteiger partial charge is 0.201 e. The molecule has 6 rings (SSSR count). The van der Waals surface area contributed by atoms with Crippen LogP contribution in [0.3, 0.4) is 0 Å². The van der Waals surface area contributed by atoms with Crippen LogP contribution in [0.25, 0.3) is 55.7 Å². The first-order valence-corrected chi connectivity index (χ1v) is 10.9. The summed E-state index contributed by atoms with van der Waals surface area (Å²) < 4.78 is 20.5. The Bertz CT molecular complexity index is 1830. The van der Waals surface area contributed by atoms with E-state index in [1.165, 1.54) is 12.1 Å². The molecule has 0 saturated heterocycles. The summed E-state index contributed by atoms with van der Waals surface area (Å²) in [6, 6.07) is 30.3. The molecule has 2 aromatic heterocycles. The Morgan fingerprint density at radius 2 is 0.941 bits per heavy atom. The monoisotopic (exact) mass is 443 g/mol. The van der Waals surface area contributed by atoms with Crippen LogP contribution >= 0.6 is 0 Å². The minimum atomic E-state index is -0.357. The van der Waals surface area contributed by atoms with Crippen molar-refractivity contribution in [1.82, 2.24) is 0 Å². The van der Waals surface area contributed by atoms with Crippen LogP contribution < -0.4 is 10.9 Å². The molecule has 34 heavy (non-hydrogen) atoms. The Kier molecular flexibility index (Phi) is 4.44. The van der Waals surface area contributed by atoms with Crippen LogP contribution in [0.4, 0.5) is 0 Å². The highest BCUT2D eigenvalue weighted by atomic mass is 16.3. The van der Waals surface area contributed by atoms with E-state index >= 15 is 0 Å². The third-order valence-corrected chi connectivity index (χ3v) is 5.86. The van der Waals surface area contributed by atoms with Gasteiger partial charge in [-0.1, -0.05) is 84.9 Å². The lowest BCUT2D eigenvalue weighted by Gasteiger charge is -2.14. The molecule has 0 aliphatic heterocycles. The highest BCUT2D eigenvalue weighted by molar-refractivity contribution is 5.96. The number of rotatable bonds is 3. The summed E-state index contributed by atoms with van der Waals surface area (Å²) in [5.74, 6) is 0.559. The average molecular weight is 443 g/mol. The van der Waals surface area contributed by atoms with Gasteiger partial charge in [-0.15, -0.1) is 0 Å². The van der Waals surface area contributed by atoms with Crippen molar-refractivity contribution in [3.8, 4) is 33.8 Å². The molecule has 4 heteroatoms. The molecule has 0 unspecified atom stereocenters. The summed E-state index contributed by atoms with van der Waals surface area (Å²) in [6.07, 6.45) is 0. The second-order valence-corrected chi connectivity index (χ2v) is 7.92. The largest absolute Gasteiger partial charge is 0.455 e. The Labute approximate surface area is 195 Å². The molecule has 0 bridgehead atoms. The maximum atomic E-state index is 14.0. The lowest BCUT2D eigenvalue weighted by Crippen LogP contribution is -2.15. The van der Waals surface area contributed by atoms with E-state index in [-0.39, 0.29) is 39.4 Å². The van der Waals surface area contributed by atoms with Gasteiger partial charge >= 0.3 is 0 Å². The molecule has 0 aliphatic rings. The number of benzene rings is 4. The lowest BCUT2D eigenvalue weighted by atomic mass is 9.94. The summed E-state index contributed by atoms with van der Waals surface area (Å²) >= 11 is 0. The number of fused-ring (bicyclic) bond motifs is 2. The van der Waals surface area contributed by atoms with E-state index < -0.39 is 0 Å². The van der Waals surface area contributed by atoms with Crippen molar-refractivity contribution in [1.29, 1.82) is 0 Å². The van der Waals surface area contributed by atoms with E-state index in [0.717, 1.165) is 0 Å². The Morgan fingerprint density at radius 3 is 1.50 bits per heavy atom. The van der Waals surface area contributed by atoms with Gasteiger partial charge in [0, 0.05) is 11.1 Å².